The Morgan fingerprint density at radius 2 is 1.62 bits per heavy atom. The van der Waals surface area contributed by atoms with Gasteiger partial charge in [-0.05, 0) is 44.2 Å². The van der Waals surface area contributed by atoms with Crippen LogP contribution < -0.4 is 4.74 Å². The molecular formula is C27H32O2. The number of hydrogen-bond acceptors (Lipinski definition) is 2. The Morgan fingerprint density at radius 1 is 0.931 bits per heavy atom. The fourth-order valence-corrected chi connectivity index (χ4v) is 4.20. The Bertz CT molecular complexity index is 887. The Kier molecular flexibility index (Phi) is 7.46. The van der Waals surface area contributed by atoms with Gasteiger partial charge in [-0.3, -0.25) is 4.79 Å². The number of benzene rings is 2. The van der Waals surface area contributed by atoms with Gasteiger partial charge in [-0.25, -0.2) is 0 Å². The molecule has 0 fully saturated rings. The number of carbonyl (C=O) groups excluding carboxylic acids is 1. The van der Waals surface area contributed by atoms with Crippen LogP contribution in [0, 0.1) is 12.8 Å². The maximum atomic E-state index is 12.6. The van der Waals surface area contributed by atoms with E-state index in [-0.39, 0.29) is 5.78 Å². The van der Waals surface area contributed by atoms with Gasteiger partial charge in [0.15, 0.2) is 0 Å². The van der Waals surface area contributed by atoms with E-state index >= 15 is 0 Å². The van der Waals surface area contributed by atoms with Crippen molar-refractivity contribution < 1.29 is 9.53 Å². The van der Waals surface area contributed by atoms with Crippen LogP contribution in [0.2, 0.25) is 0 Å². The standard InChI is InChI=1S/C27H32O2/c1-4-26-22(14-13-21-11-9-20(2)10-12-21)15-16-23(26)17-18-25(28)19-24-7-5-6-8-27(24)29-3/h5-12,15-16,26H,4,13-14,17-19H2,1-3H3. The molecule has 29 heavy (non-hydrogen) atoms. The third-order valence-corrected chi connectivity index (χ3v) is 5.91. The zero-order valence-corrected chi connectivity index (χ0v) is 17.9. The van der Waals surface area contributed by atoms with Crippen LogP contribution in [-0.2, 0) is 17.6 Å². The molecule has 1 unspecified atom stereocenters. The summed E-state index contributed by atoms with van der Waals surface area (Å²) in [6.07, 6.45) is 9.73. The highest BCUT2D eigenvalue weighted by Crippen LogP contribution is 2.35. The summed E-state index contributed by atoms with van der Waals surface area (Å²) >= 11 is 0. The SMILES string of the molecule is CCC1C(CCC(=O)Cc2ccccc2OC)=CC=C1CCc1ccc(C)cc1. The number of para-hydroxylation sites is 1. The van der Waals surface area contributed by atoms with Gasteiger partial charge in [0, 0.05) is 24.3 Å². The number of allylic oxidation sites excluding steroid dienone is 4. The van der Waals surface area contributed by atoms with Gasteiger partial charge < -0.3 is 4.74 Å². The van der Waals surface area contributed by atoms with Crippen molar-refractivity contribution in [3.63, 3.8) is 0 Å². The Morgan fingerprint density at radius 3 is 2.31 bits per heavy atom. The molecule has 2 aromatic carbocycles. The lowest BCUT2D eigenvalue weighted by molar-refractivity contribution is -0.118. The van der Waals surface area contributed by atoms with E-state index in [0.29, 0.717) is 18.8 Å². The normalized spacial score (nSPS) is 15.8. The lowest BCUT2D eigenvalue weighted by atomic mass is 9.87. The van der Waals surface area contributed by atoms with Crippen LogP contribution in [0.3, 0.4) is 0 Å². The molecule has 0 saturated heterocycles. The summed E-state index contributed by atoms with van der Waals surface area (Å²) in [5, 5.41) is 0. The molecule has 1 atom stereocenters. The summed E-state index contributed by atoms with van der Waals surface area (Å²) in [6, 6.07) is 16.6. The summed E-state index contributed by atoms with van der Waals surface area (Å²) in [5.41, 5.74) is 6.61. The molecule has 1 aliphatic rings. The summed E-state index contributed by atoms with van der Waals surface area (Å²) in [5.74, 6) is 1.57. The quantitative estimate of drug-likeness (QED) is 0.469. The predicted octanol–water partition coefficient (Wildman–Crippen LogP) is 6.42. The van der Waals surface area contributed by atoms with E-state index in [2.05, 4.69) is 50.3 Å². The second-order valence-electron chi connectivity index (χ2n) is 7.96. The fourth-order valence-electron chi connectivity index (χ4n) is 4.20. The molecule has 0 aromatic heterocycles. The lowest BCUT2D eigenvalue weighted by Crippen LogP contribution is -2.08. The van der Waals surface area contributed by atoms with Crippen LogP contribution in [0.5, 0.6) is 5.75 Å². The minimum atomic E-state index is 0.276. The minimum Gasteiger partial charge on any atom is -0.496 e. The molecule has 0 heterocycles. The van der Waals surface area contributed by atoms with E-state index in [9.17, 15) is 4.79 Å². The number of ketones is 1. The van der Waals surface area contributed by atoms with E-state index in [1.165, 1.54) is 22.3 Å². The molecule has 0 bridgehead atoms. The molecule has 0 saturated carbocycles. The third-order valence-electron chi connectivity index (χ3n) is 5.91. The molecule has 1 aliphatic carbocycles. The largest absolute Gasteiger partial charge is 0.496 e. The maximum absolute atomic E-state index is 12.6. The van der Waals surface area contributed by atoms with Crippen molar-refractivity contribution in [2.24, 2.45) is 5.92 Å². The Labute approximate surface area is 175 Å². The third kappa shape index (κ3) is 5.69. The number of rotatable bonds is 10. The van der Waals surface area contributed by atoms with Gasteiger partial charge in [0.05, 0.1) is 7.11 Å². The molecular weight excluding hydrogens is 356 g/mol. The number of hydrogen-bond donors (Lipinski definition) is 0. The van der Waals surface area contributed by atoms with Crippen LogP contribution in [0.15, 0.2) is 71.8 Å². The number of methoxy groups -OCH3 is 1. The van der Waals surface area contributed by atoms with Gasteiger partial charge in [0.1, 0.15) is 11.5 Å². The summed E-state index contributed by atoms with van der Waals surface area (Å²) in [4.78, 5) is 12.6. The van der Waals surface area contributed by atoms with Gasteiger partial charge in [0.25, 0.3) is 0 Å². The summed E-state index contributed by atoms with van der Waals surface area (Å²) in [7, 11) is 1.66. The molecule has 2 aromatic rings. The van der Waals surface area contributed by atoms with E-state index in [1.807, 2.05) is 24.3 Å². The second kappa shape index (κ2) is 10.2. The zero-order valence-electron chi connectivity index (χ0n) is 17.9. The number of Topliss-reactive ketones (excluding diaryl/α,β-unsaturated/α-hetero) is 1. The highest BCUT2D eigenvalue weighted by Gasteiger charge is 2.21. The van der Waals surface area contributed by atoms with Crippen molar-refractivity contribution >= 4 is 5.78 Å². The monoisotopic (exact) mass is 388 g/mol. The number of aryl methyl sites for hydroxylation is 2. The molecule has 0 radical (unpaired) electrons. The van der Waals surface area contributed by atoms with Crippen molar-refractivity contribution in [3.05, 3.63) is 88.5 Å². The van der Waals surface area contributed by atoms with Crippen molar-refractivity contribution in [1.29, 1.82) is 0 Å². The smallest absolute Gasteiger partial charge is 0.137 e. The van der Waals surface area contributed by atoms with Gasteiger partial charge in [-0.2, -0.15) is 0 Å². The van der Waals surface area contributed by atoms with Crippen LogP contribution in [0.25, 0.3) is 0 Å². The molecule has 152 valence electrons. The van der Waals surface area contributed by atoms with E-state index in [4.69, 9.17) is 4.74 Å². The van der Waals surface area contributed by atoms with Gasteiger partial charge in [-0.1, -0.05) is 78.3 Å². The van der Waals surface area contributed by atoms with Crippen molar-refractivity contribution in [3.8, 4) is 5.75 Å². The van der Waals surface area contributed by atoms with Crippen LogP contribution >= 0.6 is 0 Å². The van der Waals surface area contributed by atoms with Crippen molar-refractivity contribution in [1.82, 2.24) is 0 Å². The molecule has 2 nitrogen and oxygen atoms in total. The van der Waals surface area contributed by atoms with E-state index in [0.717, 1.165) is 37.0 Å². The average molecular weight is 389 g/mol. The first-order valence-corrected chi connectivity index (χ1v) is 10.7. The molecule has 0 N–H and O–H groups in total. The van der Waals surface area contributed by atoms with Gasteiger partial charge in [-0.15, -0.1) is 0 Å². The number of ether oxygens (including phenoxy) is 1. The van der Waals surface area contributed by atoms with Crippen molar-refractivity contribution in [2.45, 2.75) is 52.4 Å². The first kappa shape index (κ1) is 21.1. The molecule has 0 aliphatic heterocycles. The maximum Gasteiger partial charge on any atom is 0.137 e. The minimum absolute atomic E-state index is 0.276. The predicted molar refractivity (Wildman–Crippen MR) is 120 cm³/mol. The second-order valence-corrected chi connectivity index (χ2v) is 7.96. The molecule has 0 spiro atoms. The summed E-state index contributed by atoms with van der Waals surface area (Å²) in [6.45, 7) is 4.38. The van der Waals surface area contributed by atoms with Crippen LogP contribution in [-0.4, -0.2) is 12.9 Å². The first-order valence-electron chi connectivity index (χ1n) is 10.7. The van der Waals surface area contributed by atoms with Gasteiger partial charge >= 0.3 is 0 Å². The van der Waals surface area contributed by atoms with Crippen LogP contribution in [0.4, 0.5) is 0 Å². The summed E-state index contributed by atoms with van der Waals surface area (Å²) < 4.78 is 5.37. The molecule has 2 heteroatoms. The lowest BCUT2D eigenvalue weighted by Gasteiger charge is -2.18. The Hall–Kier alpha value is -2.61. The van der Waals surface area contributed by atoms with E-state index in [1.54, 1.807) is 7.11 Å². The number of carbonyl (C=O) groups is 1. The average Bonchev–Trinajstić information content (AvgIpc) is 3.14. The first-order chi connectivity index (χ1) is 14.1. The molecule has 0 amide bonds. The zero-order chi connectivity index (χ0) is 20.6. The van der Waals surface area contributed by atoms with E-state index < -0.39 is 0 Å². The van der Waals surface area contributed by atoms with Gasteiger partial charge in [0.2, 0.25) is 0 Å². The topological polar surface area (TPSA) is 26.3 Å². The Balaban J connectivity index is 1.50. The highest BCUT2D eigenvalue weighted by molar-refractivity contribution is 5.81. The fraction of sp³-hybridized carbons (Fsp3) is 0.370. The van der Waals surface area contributed by atoms with Crippen molar-refractivity contribution in [2.75, 3.05) is 7.11 Å². The highest BCUT2D eigenvalue weighted by atomic mass is 16.5. The van der Waals surface area contributed by atoms with Crippen LogP contribution in [0.1, 0.15) is 49.3 Å². The molecule has 3 rings (SSSR count).